The van der Waals surface area contributed by atoms with Crippen molar-refractivity contribution in [1.82, 2.24) is 5.32 Å². The number of rotatable bonds is 6. The number of carbonyl (C=O) groups is 1. The van der Waals surface area contributed by atoms with Crippen LogP contribution < -0.4 is 5.32 Å². The lowest BCUT2D eigenvalue weighted by atomic mass is 9.75. The molecule has 3 nitrogen and oxygen atoms in total. The number of hydrogen-bond acceptors (Lipinski definition) is 2. The summed E-state index contributed by atoms with van der Waals surface area (Å²) in [5.41, 5.74) is -0.107. The molecule has 1 fully saturated rings. The molecule has 1 aliphatic carbocycles. The minimum Gasteiger partial charge on any atom is -0.481 e. The van der Waals surface area contributed by atoms with Gasteiger partial charge in [0.05, 0.1) is 5.41 Å². The molecule has 0 spiro atoms. The van der Waals surface area contributed by atoms with Gasteiger partial charge in [0.2, 0.25) is 0 Å². The van der Waals surface area contributed by atoms with Gasteiger partial charge in [0.15, 0.2) is 0 Å². The summed E-state index contributed by atoms with van der Waals surface area (Å²) in [5, 5.41) is 12.9. The summed E-state index contributed by atoms with van der Waals surface area (Å²) in [6.07, 6.45) is 6.23. The SMILES string of the molecule is CCC(CC)(CNC1CCC(C)(C)CC1)C(=O)O. The third kappa shape index (κ3) is 3.71. The van der Waals surface area contributed by atoms with E-state index in [9.17, 15) is 9.90 Å². The van der Waals surface area contributed by atoms with Crippen molar-refractivity contribution in [2.75, 3.05) is 6.54 Å². The van der Waals surface area contributed by atoms with Crippen LogP contribution in [0.15, 0.2) is 0 Å². The summed E-state index contributed by atoms with van der Waals surface area (Å²) in [6, 6.07) is 0.509. The lowest BCUT2D eigenvalue weighted by Crippen LogP contribution is -2.45. The molecule has 0 aromatic rings. The number of nitrogens with one attached hydrogen (secondary N) is 1. The second kappa shape index (κ2) is 6.05. The van der Waals surface area contributed by atoms with Gasteiger partial charge >= 0.3 is 5.97 Å². The molecule has 3 heteroatoms. The Labute approximate surface area is 111 Å². The molecule has 2 N–H and O–H groups in total. The maximum absolute atomic E-state index is 11.4. The summed E-state index contributed by atoms with van der Waals surface area (Å²) in [6.45, 7) is 9.21. The molecule has 1 saturated carbocycles. The molecular weight excluding hydrogens is 226 g/mol. The van der Waals surface area contributed by atoms with E-state index in [1.165, 1.54) is 25.7 Å². The van der Waals surface area contributed by atoms with E-state index in [0.29, 0.717) is 30.8 Å². The molecule has 0 aliphatic heterocycles. The molecule has 1 rings (SSSR count). The first-order valence-corrected chi connectivity index (χ1v) is 7.32. The van der Waals surface area contributed by atoms with E-state index < -0.39 is 11.4 Å². The highest BCUT2D eigenvalue weighted by molar-refractivity contribution is 5.74. The average Bonchev–Trinajstić information content (AvgIpc) is 2.32. The average molecular weight is 255 g/mol. The number of hydrogen-bond donors (Lipinski definition) is 2. The monoisotopic (exact) mass is 255 g/mol. The van der Waals surface area contributed by atoms with E-state index in [1.807, 2.05) is 13.8 Å². The summed E-state index contributed by atoms with van der Waals surface area (Å²) in [4.78, 5) is 11.4. The Kier molecular flexibility index (Phi) is 5.20. The molecule has 18 heavy (non-hydrogen) atoms. The van der Waals surface area contributed by atoms with Gasteiger partial charge in [0.25, 0.3) is 0 Å². The largest absolute Gasteiger partial charge is 0.481 e. The van der Waals surface area contributed by atoms with Crippen molar-refractivity contribution in [3.05, 3.63) is 0 Å². The Morgan fingerprint density at radius 3 is 2.17 bits per heavy atom. The van der Waals surface area contributed by atoms with E-state index in [1.54, 1.807) is 0 Å². The lowest BCUT2D eigenvalue weighted by molar-refractivity contribution is -0.149. The topological polar surface area (TPSA) is 49.3 Å². The third-order valence-corrected chi connectivity index (χ3v) is 4.88. The zero-order valence-electron chi connectivity index (χ0n) is 12.4. The van der Waals surface area contributed by atoms with Gasteiger partial charge in [-0.25, -0.2) is 0 Å². The number of aliphatic carboxylic acids is 1. The third-order valence-electron chi connectivity index (χ3n) is 4.88. The van der Waals surface area contributed by atoms with Crippen molar-refractivity contribution in [3.8, 4) is 0 Å². The van der Waals surface area contributed by atoms with Gasteiger partial charge in [-0.2, -0.15) is 0 Å². The van der Waals surface area contributed by atoms with Crippen molar-refractivity contribution in [2.24, 2.45) is 10.8 Å². The van der Waals surface area contributed by atoms with Crippen LogP contribution in [0.3, 0.4) is 0 Å². The standard InChI is InChI=1S/C15H29NO2/c1-5-15(6-2,13(17)18)11-16-12-7-9-14(3,4)10-8-12/h12,16H,5-11H2,1-4H3,(H,17,18). The fraction of sp³-hybridized carbons (Fsp3) is 0.933. The first-order valence-electron chi connectivity index (χ1n) is 7.32. The van der Waals surface area contributed by atoms with Crippen molar-refractivity contribution in [3.63, 3.8) is 0 Å². The van der Waals surface area contributed by atoms with Crippen LogP contribution in [0.2, 0.25) is 0 Å². The highest BCUT2D eigenvalue weighted by Crippen LogP contribution is 2.35. The first kappa shape index (κ1) is 15.5. The minimum atomic E-state index is -0.656. The Morgan fingerprint density at radius 2 is 1.78 bits per heavy atom. The summed E-state index contributed by atoms with van der Waals surface area (Å²) >= 11 is 0. The molecule has 0 bridgehead atoms. The molecular formula is C15H29NO2. The maximum atomic E-state index is 11.4. The number of carboxylic acid groups (broad SMARTS) is 1. The second-order valence-electron chi connectivity index (χ2n) is 6.61. The van der Waals surface area contributed by atoms with Crippen molar-refractivity contribution < 1.29 is 9.90 Å². The van der Waals surface area contributed by atoms with Crippen LogP contribution in [0.4, 0.5) is 0 Å². The smallest absolute Gasteiger partial charge is 0.310 e. The van der Waals surface area contributed by atoms with Crippen LogP contribution >= 0.6 is 0 Å². The first-order chi connectivity index (χ1) is 8.35. The van der Waals surface area contributed by atoms with Crippen LogP contribution in [-0.4, -0.2) is 23.7 Å². The summed E-state index contributed by atoms with van der Waals surface area (Å²) < 4.78 is 0. The van der Waals surface area contributed by atoms with Crippen molar-refractivity contribution in [1.29, 1.82) is 0 Å². The molecule has 0 heterocycles. The fourth-order valence-corrected chi connectivity index (χ4v) is 2.82. The predicted octanol–water partition coefficient (Wildman–Crippen LogP) is 3.44. The van der Waals surface area contributed by atoms with Gasteiger partial charge in [-0.05, 0) is 43.9 Å². The van der Waals surface area contributed by atoms with Gasteiger partial charge in [-0.3, -0.25) is 4.79 Å². The maximum Gasteiger partial charge on any atom is 0.310 e. The molecule has 0 aromatic heterocycles. The lowest BCUT2D eigenvalue weighted by Gasteiger charge is -2.36. The van der Waals surface area contributed by atoms with Gasteiger partial charge in [-0.1, -0.05) is 27.7 Å². The molecule has 0 aromatic carbocycles. The highest BCUT2D eigenvalue weighted by Gasteiger charge is 2.36. The Hall–Kier alpha value is -0.570. The fourth-order valence-electron chi connectivity index (χ4n) is 2.82. The van der Waals surface area contributed by atoms with E-state index in [0.717, 1.165) is 0 Å². The Balaban J connectivity index is 2.47. The molecule has 0 atom stereocenters. The van der Waals surface area contributed by atoms with E-state index in [4.69, 9.17) is 0 Å². The quantitative estimate of drug-likeness (QED) is 0.764. The highest BCUT2D eigenvalue weighted by atomic mass is 16.4. The molecule has 0 saturated heterocycles. The van der Waals surface area contributed by atoms with Gasteiger partial charge in [0, 0.05) is 12.6 Å². The molecule has 106 valence electrons. The second-order valence-corrected chi connectivity index (χ2v) is 6.61. The van der Waals surface area contributed by atoms with E-state index in [2.05, 4.69) is 19.2 Å². The minimum absolute atomic E-state index is 0.470. The zero-order valence-corrected chi connectivity index (χ0v) is 12.4. The molecule has 0 radical (unpaired) electrons. The summed E-state index contributed by atoms with van der Waals surface area (Å²) in [7, 11) is 0. The van der Waals surface area contributed by atoms with Crippen LogP contribution in [0.1, 0.15) is 66.2 Å². The van der Waals surface area contributed by atoms with Gasteiger partial charge in [-0.15, -0.1) is 0 Å². The van der Waals surface area contributed by atoms with Crippen LogP contribution in [0.5, 0.6) is 0 Å². The van der Waals surface area contributed by atoms with E-state index >= 15 is 0 Å². The summed E-state index contributed by atoms with van der Waals surface area (Å²) in [5.74, 6) is -0.656. The van der Waals surface area contributed by atoms with Crippen molar-refractivity contribution >= 4 is 5.97 Å². The Bertz CT molecular complexity index is 272. The Morgan fingerprint density at radius 1 is 1.28 bits per heavy atom. The molecule has 0 unspecified atom stereocenters. The zero-order chi connectivity index (χ0) is 13.8. The predicted molar refractivity (Wildman–Crippen MR) is 74.7 cm³/mol. The van der Waals surface area contributed by atoms with Crippen molar-refractivity contribution in [2.45, 2.75) is 72.3 Å². The van der Waals surface area contributed by atoms with Crippen LogP contribution in [0, 0.1) is 10.8 Å². The van der Waals surface area contributed by atoms with Gasteiger partial charge < -0.3 is 10.4 Å². The number of carboxylic acids is 1. The van der Waals surface area contributed by atoms with Gasteiger partial charge in [0.1, 0.15) is 0 Å². The molecule has 1 aliphatic rings. The molecule has 0 amide bonds. The normalized spacial score (nSPS) is 20.9. The van der Waals surface area contributed by atoms with E-state index in [-0.39, 0.29) is 0 Å². The van der Waals surface area contributed by atoms with Crippen LogP contribution in [-0.2, 0) is 4.79 Å². The van der Waals surface area contributed by atoms with Crippen LogP contribution in [0.25, 0.3) is 0 Å².